The van der Waals surface area contributed by atoms with Gasteiger partial charge in [0.05, 0.1) is 4.58 Å². The average Bonchev–Trinajstić information content (AvgIpc) is 3.34. The zero-order valence-electron chi connectivity index (χ0n) is 14.9. The highest BCUT2D eigenvalue weighted by molar-refractivity contribution is 8.19. The number of thioether (sulfide) groups is 2. The summed E-state index contributed by atoms with van der Waals surface area (Å²) in [6, 6.07) is 8.02. The number of carbonyl (C=O) groups is 1. The van der Waals surface area contributed by atoms with Crippen LogP contribution in [-0.4, -0.2) is 34.2 Å². The van der Waals surface area contributed by atoms with Crippen LogP contribution in [0.4, 0.5) is 5.13 Å². The fourth-order valence-electron chi connectivity index (χ4n) is 2.66. The van der Waals surface area contributed by atoms with Gasteiger partial charge in [-0.2, -0.15) is 0 Å². The first kappa shape index (κ1) is 19.5. The van der Waals surface area contributed by atoms with Gasteiger partial charge in [-0.25, -0.2) is 0 Å². The van der Waals surface area contributed by atoms with Crippen LogP contribution in [0, 0.1) is 0 Å². The van der Waals surface area contributed by atoms with E-state index in [1.165, 1.54) is 28.4 Å². The van der Waals surface area contributed by atoms with Gasteiger partial charge in [0.2, 0.25) is 5.13 Å². The van der Waals surface area contributed by atoms with Crippen molar-refractivity contribution in [3.8, 4) is 5.75 Å². The summed E-state index contributed by atoms with van der Waals surface area (Å²) < 4.78 is 6.11. The van der Waals surface area contributed by atoms with E-state index in [0.717, 1.165) is 17.8 Å². The summed E-state index contributed by atoms with van der Waals surface area (Å²) in [6.07, 6.45) is 2.05. The third kappa shape index (κ3) is 5.14. The highest BCUT2D eigenvalue weighted by Gasteiger charge is 2.18. The smallest absolute Gasteiger partial charge is 0.264 e. The van der Waals surface area contributed by atoms with Gasteiger partial charge in [-0.05, 0) is 30.5 Å². The summed E-state index contributed by atoms with van der Waals surface area (Å²) in [6.45, 7) is 4.24. The average molecular weight is 410 g/mol. The van der Waals surface area contributed by atoms with Crippen molar-refractivity contribution >= 4 is 45.9 Å². The molecule has 2 aromatic rings. The second-order valence-electron chi connectivity index (χ2n) is 5.94. The highest BCUT2D eigenvalue weighted by Crippen LogP contribution is 2.45. The molecule has 26 heavy (non-hydrogen) atoms. The summed E-state index contributed by atoms with van der Waals surface area (Å²) >= 11 is 5.39. The third-order valence-corrected chi connectivity index (χ3v) is 8.27. The molecule has 1 saturated heterocycles. The van der Waals surface area contributed by atoms with Gasteiger partial charge in [0.1, 0.15) is 10.8 Å². The number of hydrogen-bond donors (Lipinski definition) is 1. The molecule has 0 bridgehead atoms. The molecule has 5 nitrogen and oxygen atoms in total. The van der Waals surface area contributed by atoms with Crippen LogP contribution in [0.2, 0.25) is 0 Å². The van der Waals surface area contributed by atoms with Gasteiger partial charge in [0.15, 0.2) is 6.61 Å². The van der Waals surface area contributed by atoms with Gasteiger partial charge in [0.25, 0.3) is 5.91 Å². The predicted molar refractivity (Wildman–Crippen MR) is 111 cm³/mol. The normalized spacial score (nSPS) is 14.7. The van der Waals surface area contributed by atoms with E-state index < -0.39 is 0 Å². The van der Waals surface area contributed by atoms with Crippen LogP contribution in [0.5, 0.6) is 5.75 Å². The summed E-state index contributed by atoms with van der Waals surface area (Å²) in [5, 5.41) is 12.5. The Kier molecular flexibility index (Phi) is 7.22. The monoisotopic (exact) mass is 409 g/mol. The number of carbonyl (C=O) groups excluding carboxylic acids is 1. The fourth-order valence-corrected chi connectivity index (χ4v) is 6.55. The van der Waals surface area contributed by atoms with Gasteiger partial charge < -0.3 is 4.74 Å². The first-order valence-electron chi connectivity index (χ1n) is 8.78. The lowest BCUT2D eigenvalue weighted by atomic mass is 10.1. The minimum atomic E-state index is -0.219. The number of benzene rings is 1. The van der Waals surface area contributed by atoms with Gasteiger partial charge in [-0.3, -0.25) is 10.1 Å². The van der Waals surface area contributed by atoms with Gasteiger partial charge >= 0.3 is 0 Å². The second-order valence-corrected chi connectivity index (χ2v) is 9.67. The van der Waals surface area contributed by atoms with E-state index in [4.69, 9.17) is 4.74 Å². The van der Waals surface area contributed by atoms with E-state index in [1.807, 2.05) is 35.7 Å². The Morgan fingerprint density at radius 3 is 2.54 bits per heavy atom. The number of anilines is 1. The largest absolute Gasteiger partial charge is 0.484 e. The summed E-state index contributed by atoms with van der Waals surface area (Å²) in [5.41, 5.74) is 1.30. The molecule has 140 valence electrons. The van der Waals surface area contributed by atoms with Crippen molar-refractivity contribution in [2.45, 2.75) is 37.2 Å². The fraction of sp³-hybridized carbons (Fsp3) is 0.500. The quantitative estimate of drug-likeness (QED) is 0.666. The van der Waals surface area contributed by atoms with Crippen molar-refractivity contribution < 1.29 is 9.53 Å². The molecular formula is C18H23N3O2S3. The predicted octanol–water partition coefficient (Wildman–Crippen LogP) is 4.94. The van der Waals surface area contributed by atoms with E-state index in [-0.39, 0.29) is 12.5 Å². The number of amides is 1. The Morgan fingerprint density at radius 1 is 1.19 bits per heavy atom. The second kappa shape index (κ2) is 9.62. The first-order chi connectivity index (χ1) is 12.7. The van der Waals surface area contributed by atoms with Gasteiger partial charge in [-0.15, -0.1) is 33.7 Å². The van der Waals surface area contributed by atoms with Crippen molar-refractivity contribution in [2.24, 2.45) is 0 Å². The molecule has 0 spiro atoms. The van der Waals surface area contributed by atoms with Crippen molar-refractivity contribution in [1.29, 1.82) is 0 Å². The van der Waals surface area contributed by atoms with Crippen molar-refractivity contribution in [1.82, 2.24) is 10.2 Å². The van der Waals surface area contributed by atoms with E-state index in [2.05, 4.69) is 41.5 Å². The molecule has 8 heteroatoms. The molecule has 0 saturated carbocycles. The van der Waals surface area contributed by atoms with E-state index >= 15 is 0 Å². The number of rotatable bonds is 8. The molecule has 1 aliphatic heterocycles. The lowest BCUT2D eigenvalue weighted by molar-refractivity contribution is -0.118. The molecule has 1 aliphatic rings. The maximum Gasteiger partial charge on any atom is 0.264 e. The van der Waals surface area contributed by atoms with Gasteiger partial charge in [-0.1, -0.05) is 37.3 Å². The van der Waals surface area contributed by atoms with Crippen LogP contribution in [0.3, 0.4) is 0 Å². The summed E-state index contributed by atoms with van der Waals surface area (Å²) in [4.78, 5) is 12.1. The first-order valence-corrected chi connectivity index (χ1v) is 11.7. The molecule has 0 aliphatic carbocycles. The minimum absolute atomic E-state index is 0.0355. The number of nitrogens with zero attached hydrogens (tertiary/aromatic N) is 2. The summed E-state index contributed by atoms with van der Waals surface area (Å²) in [5.74, 6) is 3.30. The Morgan fingerprint density at radius 2 is 1.88 bits per heavy atom. The molecule has 3 rings (SSSR count). The standard InChI is InChI=1S/C18H23N3O2S3/c1-3-12(4-2)16-20-21-18(26-16)19-15(22)11-23-14-7-5-13(6-8-14)17-24-9-10-25-17/h5-8,12,17H,3-4,9-11H2,1-2H3,(H,19,21,22). The number of hydrogen-bond acceptors (Lipinski definition) is 7. The molecule has 2 heterocycles. The number of ether oxygens (including phenoxy) is 1. The molecule has 0 radical (unpaired) electrons. The topological polar surface area (TPSA) is 64.1 Å². The van der Waals surface area contributed by atoms with E-state index in [0.29, 0.717) is 21.4 Å². The Bertz CT molecular complexity index is 711. The SMILES string of the molecule is CCC(CC)c1nnc(NC(=O)COc2ccc(C3SCCS3)cc2)s1. The number of aromatic nitrogens is 2. The van der Waals surface area contributed by atoms with Gasteiger partial charge in [0, 0.05) is 17.4 Å². The van der Waals surface area contributed by atoms with Crippen molar-refractivity contribution in [3.05, 3.63) is 34.8 Å². The van der Waals surface area contributed by atoms with E-state index in [9.17, 15) is 4.79 Å². The van der Waals surface area contributed by atoms with Crippen LogP contribution in [0.1, 0.15) is 47.8 Å². The Hall–Kier alpha value is -1.25. The summed E-state index contributed by atoms with van der Waals surface area (Å²) in [7, 11) is 0. The zero-order chi connectivity index (χ0) is 18.4. The van der Waals surface area contributed by atoms with Crippen LogP contribution in [0.25, 0.3) is 0 Å². The minimum Gasteiger partial charge on any atom is -0.484 e. The number of nitrogens with one attached hydrogen (secondary N) is 1. The van der Waals surface area contributed by atoms with E-state index in [1.54, 1.807) is 0 Å². The molecule has 1 aromatic heterocycles. The lowest BCUT2D eigenvalue weighted by Crippen LogP contribution is -2.20. The van der Waals surface area contributed by atoms with Crippen LogP contribution < -0.4 is 10.1 Å². The third-order valence-electron chi connectivity index (χ3n) is 4.17. The van der Waals surface area contributed by atoms with Crippen LogP contribution in [0.15, 0.2) is 24.3 Å². The Labute approximate surface area is 166 Å². The molecular weight excluding hydrogens is 386 g/mol. The molecule has 1 N–H and O–H groups in total. The molecule has 1 amide bonds. The van der Waals surface area contributed by atoms with Crippen molar-refractivity contribution in [2.75, 3.05) is 23.4 Å². The van der Waals surface area contributed by atoms with Crippen LogP contribution >= 0.6 is 34.9 Å². The zero-order valence-corrected chi connectivity index (χ0v) is 17.4. The maximum absolute atomic E-state index is 12.1. The maximum atomic E-state index is 12.1. The van der Waals surface area contributed by atoms with Crippen LogP contribution in [-0.2, 0) is 4.79 Å². The Balaban J connectivity index is 1.48. The molecule has 0 unspecified atom stereocenters. The lowest BCUT2D eigenvalue weighted by Gasteiger charge is -2.10. The molecule has 0 atom stereocenters. The molecule has 1 aromatic carbocycles. The molecule has 1 fully saturated rings. The van der Waals surface area contributed by atoms with Crippen molar-refractivity contribution in [3.63, 3.8) is 0 Å². The highest BCUT2D eigenvalue weighted by atomic mass is 32.2.